The molecule has 0 radical (unpaired) electrons. The van der Waals surface area contributed by atoms with Gasteiger partial charge in [0.15, 0.2) is 0 Å². The van der Waals surface area contributed by atoms with Crippen LogP contribution in [0.1, 0.15) is 11.1 Å². The molecular formula is C19H19FN4O. The maximum atomic E-state index is 13.1. The monoisotopic (exact) mass is 338 g/mol. The van der Waals surface area contributed by atoms with Gasteiger partial charge in [-0.05, 0) is 36.2 Å². The zero-order valence-corrected chi connectivity index (χ0v) is 13.6. The van der Waals surface area contributed by atoms with Crippen LogP contribution in [0, 0.1) is 5.82 Å². The molecule has 1 unspecified atom stereocenters. The normalized spacial score (nSPS) is 12.0. The average molecular weight is 338 g/mol. The predicted molar refractivity (Wildman–Crippen MR) is 93.9 cm³/mol. The number of carbonyl (C=O) groups excluding carboxylic acids is 1. The lowest BCUT2D eigenvalue weighted by atomic mass is 10.0. The maximum absolute atomic E-state index is 13.1. The van der Waals surface area contributed by atoms with E-state index in [9.17, 15) is 9.18 Å². The van der Waals surface area contributed by atoms with E-state index in [-0.39, 0.29) is 5.82 Å². The van der Waals surface area contributed by atoms with Crippen LogP contribution in [-0.4, -0.2) is 22.1 Å². The van der Waals surface area contributed by atoms with Crippen molar-refractivity contribution in [1.82, 2.24) is 15.5 Å². The fraction of sp³-hybridized carbons (Fsp3) is 0.158. The molecule has 128 valence electrons. The Morgan fingerprint density at radius 1 is 1.16 bits per heavy atom. The van der Waals surface area contributed by atoms with Crippen LogP contribution in [0.4, 0.5) is 4.39 Å². The van der Waals surface area contributed by atoms with Crippen LogP contribution in [0.15, 0.2) is 60.8 Å². The number of aromatic amines is 1. The molecule has 25 heavy (non-hydrogen) atoms. The van der Waals surface area contributed by atoms with Gasteiger partial charge in [0.05, 0.1) is 17.9 Å². The van der Waals surface area contributed by atoms with E-state index in [4.69, 9.17) is 5.73 Å². The molecule has 6 heteroatoms. The Balaban J connectivity index is 1.71. The summed E-state index contributed by atoms with van der Waals surface area (Å²) < 4.78 is 13.1. The number of benzene rings is 2. The van der Waals surface area contributed by atoms with Crippen LogP contribution < -0.4 is 11.1 Å². The van der Waals surface area contributed by atoms with Crippen molar-refractivity contribution in [2.24, 2.45) is 5.73 Å². The van der Waals surface area contributed by atoms with Gasteiger partial charge >= 0.3 is 0 Å². The number of hydrogen-bond donors (Lipinski definition) is 3. The molecule has 1 heterocycles. The van der Waals surface area contributed by atoms with Gasteiger partial charge in [0, 0.05) is 17.7 Å². The Labute approximate surface area is 145 Å². The van der Waals surface area contributed by atoms with Gasteiger partial charge in [0.2, 0.25) is 5.91 Å². The molecule has 2 aromatic carbocycles. The van der Waals surface area contributed by atoms with Crippen molar-refractivity contribution in [2.45, 2.75) is 19.0 Å². The molecule has 1 amide bonds. The van der Waals surface area contributed by atoms with Gasteiger partial charge in [-0.15, -0.1) is 0 Å². The Kier molecular flexibility index (Phi) is 5.20. The second-order valence-corrected chi connectivity index (χ2v) is 5.80. The van der Waals surface area contributed by atoms with Crippen LogP contribution in [0.3, 0.4) is 0 Å². The van der Waals surface area contributed by atoms with Crippen LogP contribution >= 0.6 is 0 Å². The SMILES string of the molecule is NC(=O)C(Cc1ccccc1)NCc1cn[nH]c1-c1ccc(F)cc1. The highest BCUT2D eigenvalue weighted by molar-refractivity contribution is 5.80. The standard InChI is InChI=1S/C19H19FN4O/c20-16-8-6-14(7-9-16)18-15(12-23-24-18)11-22-17(19(21)25)10-13-4-2-1-3-5-13/h1-9,12,17,22H,10-11H2,(H2,21,25)(H,23,24). The summed E-state index contributed by atoms with van der Waals surface area (Å²) in [5.41, 5.74) is 9.05. The van der Waals surface area contributed by atoms with Crippen molar-refractivity contribution in [3.63, 3.8) is 0 Å². The first kappa shape index (κ1) is 16.9. The summed E-state index contributed by atoms with van der Waals surface area (Å²) >= 11 is 0. The fourth-order valence-corrected chi connectivity index (χ4v) is 2.67. The summed E-state index contributed by atoms with van der Waals surface area (Å²) in [7, 11) is 0. The molecule has 0 aliphatic heterocycles. The van der Waals surface area contributed by atoms with Crippen LogP contribution in [-0.2, 0) is 17.8 Å². The molecule has 0 saturated heterocycles. The second kappa shape index (κ2) is 7.72. The first-order chi connectivity index (χ1) is 12.1. The van der Waals surface area contributed by atoms with Crippen molar-refractivity contribution in [3.05, 3.63) is 77.7 Å². The van der Waals surface area contributed by atoms with E-state index in [1.165, 1.54) is 12.1 Å². The molecule has 3 aromatic rings. The van der Waals surface area contributed by atoms with Crippen LogP contribution in [0.2, 0.25) is 0 Å². The number of nitrogens with two attached hydrogens (primary N) is 1. The Bertz CT molecular complexity index is 830. The molecule has 5 nitrogen and oxygen atoms in total. The number of aromatic nitrogens is 2. The first-order valence-electron chi connectivity index (χ1n) is 7.98. The Morgan fingerprint density at radius 3 is 2.56 bits per heavy atom. The van der Waals surface area contributed by atoms with Gasteiger partial charge in [-0.2, -0.15) is 5.10 Å². The van der Waals surface area contributed by atoms with E-state index in [0.29, 0.717) is 13.0 Å². The van der Waals surface area contributed by atoms with Gasteiger partial charge in [0.1, 0.15) is 5.82 Å². The minimum Gasteiger partial charge on any atom is -0.368 e. The minimum absolute atomic E-state index is 0.292. The second-order valence-electron chi connectivity index (χ2n) is 5.80. The topological polar surface area (TPSA) is 83.8 Å². The van der Waals surface area contributed by atoms with Crippen molar-refractivity contribution in [3.8, 4) is 11.3 Å². The van der Waals surface area contributed by atoms with Gasteiger partial charge < -0.3 is 11.1 Å². The summed E-state index contributed by atoms with van der Waals surface area (Å²) in [5.74, 6) is -0.699. The molecule has 1 atom stereocenters. The van der Waals surface area contributed by atoms with E-state index in [1.807, 2.05) is 30.3 Å². The highest BCUT2D eigenvalue weighted by atomic mass is 19.1. The molecule has 4 N–H and O–H groups in total. The third kappa shape index (κ3) is 4.30. The van der Waals surface area contributed by atoms with Crippen LogP contribution in [0.25, 0.3) is 11.3 Å². The molecule has 0 saturated carbocycles. The minimum atomic E-state index is -0.488. The highest BCUT2D eigenvalue weighted by Crippen LogP contribution is 2.21. The van der Waals surface area contributed by atoms with E-state index < -0.39 is 11.9 Å². The molecule has 0 fully saturated rings. The number of carbonyl (C=O) groups is 1. The number of halogens is 1. The highest BCUT2D eigenvalue weighted by Gasteiger charge is 2.17. The number of hydrogen-bond acceptors (Lipinski definition) is 3. The lowest BCUT2D eigenvalue weighted by Crippen LogP contribution is -2.42. The number of amides is 1. The zero-order chi connectivity index (χ0) is 17.6. The largest absolute Gasteiger partial charge is 0.368 e. The van der Waals surface area contributed by atoms with Crippen molar-refractivity contribution in [1.29, 1.82) is 0 Å². The molecule has 0 aliphatic rings. The zero-order valence-electron chi connectivity index (χ0n) is 13.6. The predicted octanol–water partition coefficient (Wildman–Crippen LogP) is 2.40. The van der Waals surface area contributed by atoms with Crippen LogP contribution in [0.5, 0.6) is 0 Å². The molecular weight excluding hydrogens is 319 g/mol. The molecule has 0 spiro atoms. The fourth-order valence-electron chi connectivity index (χ4n) is 2.67. The Morgan fingerprint density at radius 2 is 1.88 bits per heavy atom. The number of nitrogens with one attached hydrogen (secondary N) is 2. The van der Waals surface area contributed by atoms with E-state index in [0.717, 1.165) is 22.4 Å². The molecule has 0 bridgehead atoms. The summed E-state index contributed by atoms with van der Waals surface area (Å²) in [5, 5.41) is 10.2. The quantitative estimate of drug-likeness (QED) is 0.618. The molecule has 0 aliphatic carbocycles. The maximum Gasteiger partial charge on any atom is 0.234 e. The van der Waals surface area contributed by atoms with Crippen molar-refractivity contribution in [2.75, 3.05) is 0 Å². The molecule has 3 rings (SSSR count). The number of nitrogens with zero attached hydrogens (tertiary/aromatic N) is 1. The third-order valence-corrected chi connectivity index (χ3v) is 4.02. The lowest BCUT2D eigenvalue weighted by Gasteiger charge is -2.15. The smallest absolute Gasteiger partial charge is 0.234 e. The number of rotatable bonds is 7. The van der Waals surface area contributed by atoms with E-state index >= 15 is 0 Å². The van der Waals surface area contributed by atoms with Gasteiger partial charge in [-0.3, -0.25) is 9.89 Å². The number of primary amides is 1. The average Bonchev–Trinajstić information content (AvgIpc) is 3.08. The Hall–Kier alpha value is -2.99. The number of H-pyrrole nitrogens is 1. The van der Waals surface area contributed by atoms with Crippen molar-refractivity contribution < 1.29 is 9.18 Å². The molecule has 1 aromatic heterocycles. The summed E-state index contributed by atoms with van der Waals surface area (Å²) in [6.45, 7) is 0.420. The lowest BCUT2D eigenvalue weighted by molar-refractivity contribution is -0.120. The van der Waals surface area contributed by atoms with E-state index in [2.05, 4.69) is 15.5 Å². The third-order valence-electron chi connectivity index (χ3n) is 4.02. The van der Waals surface area contributed by atoms with E-state index in [1.54, 1.807) is 18.3 Å². The van der Waals surface area contributed by atoms with Crippen molar-refractivity contribution >= 4 is 5.91 Å². The van der Waals surface area contributed by atoms with Gasteiger partial charge in [-0.1, -0.05) is 30.3 Å². The first-order valence-corrected chi connectivity index (χ1v) is 7.98. The summed E-state index contributed by atoms with van der Waals surface area (Å²) in [6.07, 6.45) is 2.20. The summed E-state index contributed by atoms with van der Waals surface area (Å²) in [4.78, 5) is 11.8. The van der Waals surface area contributed by atoms with Gasteiger partial charge in [0.25, 0.3) is 0 Å². The summed E-state index contributed by atoms with van der Waals surface area (Å²) in [6, 6.07) is 15.4. The van der Waals surface area contributed by atoms with Gasteiger partial charge in [-0.25, -0.2) is 4.39 Å².